The molecule has 150 valence electrons. The van der Waals surface area contributed by atoms with E-state index in [4.69, 9.17) is 4.74 Å². The minimum absolute atomic E-state index is 0.127. The topological polar surface area (TPSA) is 67.4 Å². The van der Waals surface area contributed by atoms with E-state index in [-0.39, 0.29) is 18.9 Å². The van der Waals surface area contributed by atoms with Crippen LogP contribution in [-0.4, -0.2) is 24.1 Å². The molecule has 2 amide bonds. The molecule has 1 aromatic rings. The fourth-order valence-electron chi connectivity index (χ4n) is 3.39. The van der Waals surface area contributed by atoms with Crippen molar-refractivity contribution in [2.45, 2.75) is 78.2 Å². The van der Waals surface area contributed by atoms with Crippen molar-refractivity contribution >= 4 is 17.7 Å². The normalized spacial score (nSPS) is 17.2. The number of carbonyl (C=O) groups is 2. The number of nitrogens with one attached hydrogen (secondary N) is 2. The number of anilines is 1. The highest BCUT2D eigenvalue weighted by Gasteiger charge is 2.27. The van der Waals surface area contributed by atoms with Gasteiger partial charge < -0.3 is 15.4 Å². The van der Waals surface area contributed by atoms with Crippen molar-refractivity contribution < 1.29 is 14.3 Å². The van der Waals surface area contributed by atoms with Gasteiger partial charge in [0.2, 0.25) is 5.91 Å². The van der Waals surface area contributed by atoms with Crippen LogP contribution >= 0.6 is 0 Å². The van der Waals surface area contributed by atoms with E-state index in [0.717, 1.165) is 5.69 Å². The molecule has 1 aliphatic carbocycles. The van der Waals surface area contributed by atoms with E-state index in [2.05, 4.69) is 36.6 Å². The predicted molar refractivity (Wildman–Crippen MR) is 109 cm³/mol. The van der Waals surface area contributed by atoms with Gasteiger partial charge in [-0.3, -0.25) is 4.79 Å². The zero-order valence-corrected chi connectivity index (χ0v) is 17.4. The first kappa shape index (κ1) is 21.3. The standard InChI is InChI=1S/C22H34N2O3/c1-21(2,3)27-20(26)23-15-12-19(25)24-18-8-6-16(7-9-18)17-10-13-22(4,5)14-11-17/h6-9,17H,10-15H2,1-5H3,(H,23,26)(H,24,25). The summed E-state index contributed by atoms with van der Waals surface area (Å²) < 4.78 is 5.14. The summed E-state index contributed by atoms with van der Waals surface area (Å²) in [6.07, 6.45) is 4.69. The van der Waals surface area contributed by atoms with Crippen molar-refractivity contribution in [2.24, 2.45) is 5.41 Å². The van der Waals surface area contributed by atoms with Crippen LogP contribution in [0.25, 0.3) is 0 Å². The van der Waals surface area contributed by atoms with Crippen molar-refractivity contribution in [1.82, 2.24) is 5.32 Å². The molecule has 0 radical (unpaired) electrons. The average molecular weight is 375 g/mol. The summed E-state index contributed by atoms with van der Waals surface area (Å²) in [5.41, 5.74) is 2.08. The molecule has 5 nitrogen and oxygen atoms in total. The highest BCUT2D eigenvalue weighted by molar-refractivity contribution is 5.91. The summed E-state index contributed by atoms with van der Waals surface area (Å²) >= 11 is 0. The third-order valence-corrected chi connectivity index (χ3v) is 5.03. The molecule has 0 atom stereocenters. The number of ether oxygens (including phenoxy) is 1. The fraction of sp³-hybridized carbons (Fsp3) is 0.636. The van der Waals surface area contributed by atoms with E-state index < -0.39 is 11.7 Å². The molecule has 27 heavy (non-hydrogen) atoms. The second kappa shape index (κ2) is 8.77. The maximum absolute atomic E-state index is 12.0. The number of rotatable bonds is 5. The van der Waals surface area contributed by atoms with Gasteiger partial charge in [0.1, 0.15) is 5.60 Å². The molecular formula is C22H34N2O3. The highest BCUT2D eigenvalue weighted by atomic mass is 16.6. The molecule has 0 aromatic heterocycles. The van der Waals surface area contributed by atoms with E-state index >= 15 is 0 Å². The lowest BCUT2D eigenvalue weighted by Crippen LogP contribution is -2.34. The highest BCUT2D eigenvalue weighted by Crippen LogP contribution is 2.42. The third kappa shape index (κ3) is 7.61. The van der Waals surface area contributed by atoms with Crippen molar-refractivity contribution in [2.75, 3.05) is 11.9 Å². The smallest absolute Gasteiger partial charge is 0.407 e. The van der Waals surface area contributed by atoms with Gasteiger partial charge in [-0.2, -0.15) is 0 Å². The molecule has 0 saturated heterocycles. The molecule has 1 fully saturated rings. The number of hydrogen-bond donors (Lipinski definition) is 2. The van der Waals surface area contributed by atoms with Gasteiger partial charge in [0.05, 0.1) is 0 Å². The molecular weight excluding hydrogens is 340 g/mol. The van der Waals surface area contributed by atoms with E-state index in [1.807, 2.05) is 12.1 Å². The molecule has 2 rings (SSSR count). The van der Waals surface area contributed by atoms with E-state index in [9.17, 15) is 9.59 Å². The number of alkyl carbamates (subject to hydrolysis) is 1. The Hall–Kier alpha value is -2.04. The fourth-order valence-corrected chi connectivity index (χ4v) is 3.39. The lowest BCUT2D eigenvalue weighted by Gasteiger charge is -2.34. The molecule has 1 saturated carbocycles. The maximum atomic E-state index is 12.0. The van der Waals surface area contributed by atoms with Crippen LogP contribution in [0.5, 0.6) is 0 Å². The van der Waals surface area contributed by atoms with Gasteiger partial charge in [-0.05, 0) is 75.5 Å². The van der Waals surface area contributed by atoms with Crippen LogP contribution in [0.1, 0.15) is 78.2 Å². The van der Waals surface area contributed by atoms with Gasteiger partial charge in [-0.25, -0.2) is 4.79 Å². The van der Waals surface area contributed by atoms with Gasteiger partial charge in [0.25, 0.3) is 0 Å². The van der Waals surface area contributed by atoms with Gasteiger partial charge in [0, 0.05) is 18.7 Å². The van der Waals surface area contributed by atoms with Crippen LogP contribution in [0.2, 0.25) is 0 Å². The lowest BCUT2D eigenvalue weighted by atomic mass is 9.71. The van der Waals surface area contributed by atoms with E-state index in [0.29, 0.717) is 11.3 Å². The Bertz CT molecular complexity index is 635. The largest absolute Gasteiger partial charge is 0.444 e. The first-order valence-corrected chi connectivity index (χ1v) is 9.91. The van der Waals surface area contributed by atoms with Crippen molar-refractivity contribution in [1.29, 1.82) is 0 Å². The molecule has 5 heteroatoms. The SMILES string of the molecule is CC1(C)CCC(c2ccc(NC(=O)CCNC(=O)OC(C)(C)C)cc2)CC1. The van der Waals surface area contributed by atoms with Gasteiger partial charge in [0.15, 0.2) is 0 Å². The lowest BCUT2D eigenvalue weighted by molar-refractivity contribution is -0.116. The summed E-state index contributed by atoms with van der Waals surface area (Å²) in [6, 6.07) is 8.18. The summed E-state index contributed by atoms with van der Waals surface area (Å²) in [4.78, 5) is 23.6. The number of carbonyl (C=O) groups excluding carboxylic acids is 2. The Balaban J connectivity index is 1.74. The Morgan fingerprint density at radius 3 is 2.26 bits per heavy atom. The van der Waals surface area contributed by atoms with Gasteiger partial charge >= 0.3 is 6.09 Å². The molecule has 0 heterocycles. The summed E-state index contributed by atoms with van der Waals surface area (Å²) in [5.74, 6) is 0.499. The molecule has 0 bridgehead atoms. The van der Waals surface area contributed by atoms with Crippen LogP contribution in [0.3, 0.4) is 0 Å². The molecule has 0 spiro atoms. The van der Waals surface area contributed by atoms with Crippen LogP contribution in [0.4, 0.5) is 10.5 Å². The first-order valence-electron chi connectivity index (χ1n) is 9.91. The predicted octanol–water partition coefficient (Wildman–Crippen LogP) is 5.22. The average Bonchev–Trinajstić information content (AvgIpc) is 2.54. The van der Waals surface area contributed by atoms with Gasteiger partial charge in [-0.1, -0.05) is 26.0 Å². The molecule has 0 aliphatic heterocycles. The van der Waals surface area contributed by atoms with Crippen LogP contribution in [0, 0.1) is 5.41 Å². The quantitative estimate of drug-likeness (QED) is 0.742. The maximum Gasteiger partial charge on any atom is 0.407 e. The number of benzene rings is 1. The van der Waals surface area contributed by atoms with Crippen LogP contribution < -0.4 is 10.6 Å². The molecule has 1 aromatic carbocycles. The van der Waals surface area contributed by atoms with Crippen LogP contribution in [0.15, 0.2) is 24.3 Å². The second-order valence-corrected chi connectivity index (χ2v) is 9.29. The zero-order valence-electron chi connectivity index (χ0n) is 17.4. The van der Waals surface area contributed by atoms with Crippen molar-refractivity contribution in [3.63, 3.8) is 0 Å². The second-order valence-electron chi connectivity index (χ2n) is 9.29. The molecule has 2 N–H and O–H groups in total. The molecule has 1 aliphatic rings. The Morgan fingerprint density at radius 2 is 1.70 bits per heavy atom. The zero-order chi connectivity index (χ0) is 20.1. The van der Waals surface area contributed by atoms with Crippen molar-refractivity contribution in [3.05, 3.63) is 29.8 Å². The van der Waals surface area contributed by atoms with Crippen molar-refractivity contribution in [3.8, 4) is 0 Å². The van der Waals surface area contributed by atoms with E-state index in [1.54, 1.807) is 20.8 Å². The minimum Gasteiger partial charge on any atom is -0.444 e. The Morgan fingerprint density at radius 1 is 1.11 bits per heavy atom. The first-order chi connectivity index (χ1) is 12.5. The minimum atomic E-state index is -0.540. The summed E-state index contributed by atoms with van der Waals surface area (Å²) in [6.45, 7) is 10.3. The number of hydrogen-bond acceptors (Lipinski definition) is 3. The molecule has 0 unspecified atom stereocenters. The summed E-state index contributed by atoms with van der Waals surface area (Å²) in [5, 5.41) is 5.47. The third-order valence-electron chi connectivity index (χ3n) is 5.03. The van der Waals surface area contributed by atoms with Gasteiger partial charge in [-0.15, -0.1) is 0 Å². The number of amides is 2. The van der Waals surface area contributed by atoms with Crippen LogP contribution in [-0.2, 0) is 9.53 Å². The summed E-state index contributed by atoms with van der Waals surface area (Å²) in [7, 11) is 0. The Kier molecular flexibility index (Phi) is 6.90. The Labute approximate surface area is 163 Å². The van der Waals surface area contributed by atoms with E-state index in [1.165, 1.54) is 31.2 Å². The monoisotopic (exact) mass is 374 g/mol.